The van der Waals surface area contributed by atoms with Crippen LogP contribution in [0, 0.1) is 6.92 Å². The van der Waals surface area contributed by atoms with Gasteiger partial charge in [0.1, 0.15) is 5.01 Å². The molecule has 1 unspecified atom stereocenters. The van der Waals surface area contributed by atoms with E-state index in [0.717, 1.165) is 11.4 Å². The quantitative estimate of drug-likeness (QED) is 0.895. The summed E-state index contributed by atoms with van der Waals surface area (Å²) in [7, 11) is 1.99. The molecule has 90 valence electrons. The van der Waals surface area contributed by atoms with Crippen molar-refractivity contribution in [2.75, 3.05) is 7.05 Å². The predicted molar refractivity (Wildman–Crippen MR) is 74.5 cm³/mol. The molecule has 3 heteroatoms. The van der Waals surface area contributed by atoms with Gasteiger partial charge in [0.15, 0.2) is 0 Å². The van der Waals surface area contributed by atoms with Crippen LogP contribution in [0.5, 0.6) is 0 Å². The Morgan fingerprint density at radius 2 is 2.24 bits per heavy atom. The van der Waals surface area contributed by atoms with E-state index in [1.54, 1.807) is 11.3 Å². The van der Waals surface area contributed by atoms with Crippen molar-refractivity contribution >= 4 is 11.3 Å². The van der Waals surface area contributed by atoms with Gasteiger partial charge in [-0.3, -0.25) is 0 Å². The van der Waals surface area contributed by atoms with Gasteiger partial charge in [0.25, 0.3) is 0 Å². The first-order valence-electron chi connectivity index (χ1n) is 5.88. The van der Waals surface area contributed by atoms with Crippen molar-refractivity contribution in [3.05, 3.63) is 40.9 Å². The van der Waals surface area contributed by atoms with Crippen molar-refractivity contribution in [1.82, 2.24) is 10.3 Å². The van der Waals surface area contributed by atoms with Gasteiger partial charge in [0.2, 0.25) is 0 Å². The molecule has 1 aromatic carbocycles. The van der Waals surface area contributed by atoms with Crippen molar-refractivity contribution in [2.24, 2.45) is 0 Å². The lowest BCUT2D eigenvalue weighted by molar-refractivity contribution is 0.612. The topological polar surface area (TPSA) is 24.9 Å². The summed E-state index contributed by atoms with van der Waals surface area (Å²) in [5.74, 6) is 0. The summed E-state index contributed by atoms with van der Waals surface area (Å²) in [6, 6.07) is 9.00. The van der Waals surface area contributed by atoms with E-state index in [2.05, 4.69) is 48.4 Å². The van der Waals surface area contributed by atoms with Crippen molar-refractivity contribution in [1.29, 1.82) is 0 Å². The molecule has 0 saturated heterocycles. The molecule has 0 amide bonds. The highest BCUT2D eigenvalue weighted by Gasteiger charge is 2.07. The number of aromatic nitrogens is 1. The third-order valence-corrected chi connectivity index (χ3v) is 3.89. The molecule has 1 N–H and O–H groups in total. The summed E-state index contributed by atoms with van der Waals surface area (Å²) < 4.78 is 0. The van der Waals surface area contributed by atoms with E-state index >= 15 is 0 Å². The average molecular weight is 246 g/mol. The second-order valence-electron chi connectivity index (χ2n) is 4.40. The Morgan fingerprint density at radius 1 is 1.41 bits per heavy atom. The van der Waals surface area contributed by atoms with Crippen LogP contribution in [0.4, 0.5) is 0 Å². The maximum Gasteiger partial charge on any atom is 0.123 e. The maximum absolute atomic E-state index is 4.51. The molecule has 0 aliphatic rings. The first-order valence-corrected chi connectivity index (χ1v) is 6.69. The van der Waals surface area contributed by atoms with E-state index in [-0.39, 0.29) is 0 Å². The molecule has 2 rings (SSSR count). The first-order chi connectivity index (χ1) is 8.19. The number of hydrogen-bond acceptors (Lipinski definition) is 3. The van der Waals surface area contributed by atoms with Gasteiger partial charge in [-0.1, -0.05) is 23.8 Å². The van der Waals surface area contributed by atoms with Gasteiger partial charge in [-0.15, -0.1) is 11.3 Å². The summed E-state index contributed by atoms with van der Waals surface area (Å²) in [5, 5.41) is 4.37. The van der Waals surface area contributed by atoms with E-state index in [1.807, 2.05) is 13.2 Å². The zero-order valence-corrected chi connectivity index (χ0v) is 11.3. The lowest BCUT2D eigenvalue weighted by Gasteiger charge is -2.06. The number of nitrogens with one attached hydrogen (secondary N) is 1. The fourth-order valence-electron chi connectivity index (χ4n) is 1.72. The van der Waals surface area contributed by atoms with Crippen LogP contribution in [0.1, 0.15) is 17.4 Å². The van der Waals surface area contributed by atoms with E-state index in [1.165, 1.54) is 16.0 Å². The highest BCUT2D eigenvalue weighted by atomic mass is 32.1. The van der Waals surface area contributed by atoms with Gasteiger partial charge >= 0.3 is 0 Å². The number of nitrogens with zero attached hydrogens (tertiary/aromatic N) is 1. The second kappa shape index (κ2) is 5.43. The minimum atomic E-state index is 0.501. The second-order valence-corrected chi connectivity index (χ2v) is 5.51. The van der Waals surface area contributed by atoms with Crippen molar-refractivity contribution in [3.8, 4) is 10.6 Å². The number of rotatable bonds is 4. The molecule has 0 aliphatic heterocycles. The van der Waals surface area contributed by atoms with Crippen LogP contribution in [0.25, 0.3) is 10.6 Å². The molecule has 0 aliphatic carbocycles. The molecule has 2 nitrogen and oxygen atoms in total. The van der Waals surface area contributed by atoms with E-state index < -0.39 is 0 Å². The van der Waals surface area contributed by atoms with Crippen LogP contribution in [0.2, 0.25) is 0 Å². The molecule has 1 atom stereocenters. The maximum atomic E-state index is 4.51. The summed E-state index contributed by atoms with van der Waals surface area (Å²) in [6.45, 7) is 4.30. The van der Waals surface area contributed by atoms with E-state index in [0.29, 0.717) is 6.04 Å². The monoisotopic (exact) mass is 246 g/mol. The lowest BCUT2D eigenvalue weighted by atomic mass is 10.1. The van der Waals surface area contributed by atoms with Crippen LogP contribution in [-0.2, 0) is 6.42 Å². The average Bonchev–Trinajstić information content (AvgIpc) is 2.77. The van der Waals surface area contributed by atoms with Crippen LogP contribution in [0.3, 0.4) is 0 Å². The van der Waals surface area contributed by atoms with Gasteiger partial charge in [0, 0.05) is 22.7 Å². The van der Waals surface area contributed by atoms with Crippen LogP contribution < -0.4 is 5.32 Å². The Morgan fingerprint density at radius 3 is 2.94 bits per heavy atom. The van der Waals surface area contributed by atoms with Crippen molar-refractivity contribution in [2.45, 2.75) is 26.3 Å². The minimum absolute atomic E-state index is 0.501. The standard InChI is InChI=1S/C14H18N2S/c1-10-5-4-6-12(7-10)14-16-9-13(17-14)8-11(2)15-3/h4-7,9,11,15H,8H2,1-3H3. The molecule has 1 aromatic heterocycles. The number of likely N-dealkylation sites (N-methyl/N-ethyl adjacent to an activating group) is 1. The van der Waals surface area contributed by atoms with Gasteiger partial charge in [0.05, 0.1) is 0 Å². The SMILES string of the molecule is CNC(C)Cc1cnc(-c2cccc(C)c2)s1. The highest BCUT2D eigenvalue weighted by molar-refractivity contribution is 7.15. The fourth-order valence-corrected chi connectivity index (χ4v) is 2.75. The Labute approximate surface area is 107 Å². The summed E-state index contributed by atoms with van der Waals surface area (Å²) in [6.07, 6.45) is 3.04. The molecular formula is C14H18N2S. The van der Waals surface area contributed by atoms with Gasteiger partial charge in [-0.2, -0.15) is 0 Å². The number of thiazole rings is 1. The molecule has 0 spiro atoms. The van der Waals surface area contributed by atoms with Crippen LogP contribution >= 0.6 is 11.3 Å². The Balaban J connectivity index is 2.18. The molecule has 0 radical (unpaired) electrons. The van der Waals surface area contributed by atoms with Crippen molar-refractivity contribution < 1.29 is 0 Å². The lowest BCUT2D eigenvalue weighted by Crippen LogP contribution is -2.22. The zero-order chi connectivity index (χ0) is 12.3. The Bertz CT molecular complexity index is 490. The third kappa shape index (κ3) is 3.14. The summed E-state index contributed by atoms with van der Waals surface area (Å²) >= 11 is 1.79. The van der Waals surface area contributed by atoms with Crippen LogP contribution in [-0.4, -0.2) is 18.1 Å². The zero-order valence-electron chi connectivity index (χ0n) is 10.5. The molecule has 0 fully saturated rings. The summed E-state index contributed by atoms with van der Waals surface area (Å²) in [5.41, 5.74) is 2.50. The van der Waals surface area contributed by atoms with Crippen molar-refractivity contribution in [3.63, 3.8) is 0 Å². The molecule has 0 saturated carbocycles. The van der Waals surface area contributed by atoms with Gasteiger partial charge in [-0.25, -0.2) is 4.98 Å². The minimum Gasteiger partial charge on any atom is -0.317 e. The molecule has 0 bridgehead atoms. The molecule has 1 heterocycles. The van der Waals surface area contributed by atoms with Crippen LogP contribution in [0.15, 0.2) is 30.5 Å². The third-order valence-electron chi connectivity index (χ3n) is 2.82. The first kappa shape index (κ1) is 12.3. The molecule has 17 heavy (non-hydrogen) atoms. The smallest absolute Gasteiger partial charge is 0.123 e. The highest BCUT2D eigenvalue weighted by Crippen LogP contribution is 2.26. The fraction of sp³-hybridized carbons (Fsp3) is 0.357. The molecule has 2 aromatic rings. The predicted octanol–water partition coefficient (Wildman–Crippen LogP) is 3.27. The normalized spacial score (nSPS) is 12.6. The molecular weight excluding hydrogens is 228 g/mol. The van der Waals surface area contributed by atoms with E-state index in [9.17, 15) is 0 Å². The van der Waals surface area contributed by atoms with Gasteiger partial charge in [-0.05, 0) is 33.4 Å². The largest absolute Gasteiger partial charge is 0.317 e. The summed E-state index contributed by atoms with van der Waals surface area (Å²) in [4.78, 5) is 5.84. The Kier molecular flexibility index (Phi) is 3.92. The number of benzene rings is 1. The number of aryl methyl sites for hydroxylation is 1. The van der Waals surface area contributed by atoms with Gasteiger partial charge < -0.3 is 5.32 Å². The van der Waals surface area contributed by atoms with E-state index in [4.69, 9.17) is 0 Å². The number of hydrogen-bond donors (Lipinski definition) is 1. The Hall–Kier alpha value is -1.19.